The molecular weight excluding hydrogens is 320 g/mol. The quantitative estimate of drug-likeness (QED) is 0.716. The van der Waals surface area contributed by atoms with Crippen LogP contribution in [0.1, 0.15) is 28.8 Å². The van der Waals surface area contributed by atoms with Crippen molar-refractivity contribution in [2.45, 2.75) is 25.5 Å². The molecule has 2 amide bonds. The van der Waals surface area contributed by atoms with Gasteiger partial charge in [0.25, 0.3) is 5.91 Å². The lowest BCUT2D eigenvalue weighted by molar-refractivity contribution is -0.147. The van der Waals surface area contributed by atoms with Crippen molar-refractivity contribution in [1.82, 2.24) is 5.32 Å². The molecule has 0 aliphatic carbocycles. The zero-order valence-electron chi connectivity index (χ0n) is 13.7. The molecule has 0 aliphatic rings. The standard InChI is InChI=1S/C19H20N2O4/c20-17(22)12-11-16(21-18(23)15-9-5-2-6-10-15)19(24)25-13-14-7-3-1-4-8-14/h1-10,16H,11-13H2,(H2,20,22)(H,21,23)/t16-/m0/s1. The van der Waals surface area contributed by atoms with Crippen LogP contribution < -0.4 is 11.1 Å². The first-order chi connectivity index (χ1) is 12.1. The van der Waals surface area contributed by atoms with Crippen LogP contribution in [0.5, 0.6) is 0 Å². The van der Waals surface area contributed by atoms with Crippen LogP contribution in [0.15, 0.2) is 60.7 Å². The van der Waals surface area contributed by atoms with Crippen molar-refractivity contribution in [3.63, 3.8) is 0 Å². The number of benzene rings is 2. The van der Waals surface area contributed by atoms with Gasteiger partial charge in [0.1, 0.15) is 12.6 Å². The molecule has 6 heteroatoms. The summed E-state index contributed by atoms with van der Waals surface area (Å²) < 4.78 is 5.25. The van der Waals surface area contributed by atoms with Gasteiger partial charge < -0.3 is 15.8 Å². The largest absolute Gasteiger partial charge is 0.459 e. The number of carbonyl (C=O) groups is 3. The van der Waals surface area contributed by atoms with E-state index in [-0.39, 0.29) is 19.4 Å². The summed E-state index contributed by atoms with van der Waals surface area (Å²) in [5, 5.41) is 2.60. The molecule has 0 bridgehead atoms. The minimum atomic E-state index is -0.941. The number of rotatable bonds is 8. The monoisotopic (exact) mass is 340 g/mol. The molecule has 0 unspecified atom stereocenters. The molecule has 2 rings (SSSR count). The molecule has 0 heterocycles. The van der Waals surface area contributed by atoms with Crippen LogP contribution >= 0.6 is 0 Å². The maximum absolute atomic E-state index is 12.3. The second-order valence-corrected chi connectivity index (χ2v) is 5.49. The summed E-state index contributed by atoms with van der Waals surface area (Å²) in [7, 11) is 0. The highest BCUT2D eigenvalue weighted by Crippen LogP contribution is 2.07. The van der Waals surface area contributed by atoms with Crippen molar-refractivity contribution >= 4 is 17.8 Å². The van der Waals surface area contributed by atoms with Gasteiger partial charge in [0, 0.05) is 12.0 Å². The van der Waals surface area contributed by atoms with E-state index in [9.17, 15) is 14.4 Å². The van der Waals surface area contributed by atoms with Crippen LogP contribution in [0.25, 0.3) is 0 Å². The van der Waals surface area contributed by atoms with Crippen molar-refractivity contribution in [3.8, 4) is 0 Å². The summed E-state index contributed by atoms with van der Waals surface area (Å²) in [5.41, 5.74) is 6.40. The number of hydrogen-bond donors (Lipinski definition) is 2. The lowest BCUT2D eigenvalue weighted by Gasteiger charge is -2.17. The number of ether oxygens (including phenoxy) is 1. The molecule has 0 aromatic heterocycles. The van der Waals surface area contributed by atoms with Crippen molar-refractivity contribution in [1.29, 1.82) is 0 Å². The minimum absolute atomic E-state index is 0.0276. The zero-order valence-corrected chi connectivity index (χ0v) is 13.7. The van der Waals surface area contributed by atoms with Crippen molar-refractivity contribution < 1.29 is 19.1 Å². The number of nitrogens with one attached hydrogen (secondary N) is 1. The Morgan fingerprint density at radius 3 is 2.16 bits per heavy atom. The normalized spacial score (nSPS) is 11.4. The van der Waals surface area contributed by atoms with Gasteiger partial charge >= 0.3 is 5.97 Å². The second kappa shape index (κ2) is 9.22. The Kier molecular flexibility index (Phi) is 6.71. The molecule has 0 saturated carbocycles. The van der Waals surface area contributed by atoms with E-state index in [1.54, 1.807) is 30.3 Å². The number of esters is 1. The molecular formula is C19H20N2O4. The van der Waals surface area contributed by atoms with Crippen LogP contribution in [0, 0.1) is 0 Å². The fourth-order valence-electron chi connectivity index (χ4n) is 2.20. The number of carbonyl (C=O) groups excluding carboxylic acids is 3. The van der Waals surface area contributed by atoms with E-state index in [0.29, 0.717) is 5.56 Å². The van der Waals surface area contributed by atoms with E-state index in [2.05, 4.69) is 5.32 Å². The first-order valence-corrected chi connectivity index (χ1v) is 7.91. The molecule has 130 valence electrons. The van der Waals surface area contributed by atoms with Gasteiger partial charge in [0.15, 0.2) is 0 Å². The second-order valence-electron chi connectivity index (χ2n) is 5.49. The third-order valence-corrected chi connectivity index (χ3v) is 3.53. The highest BCUT2D eigenvalue weighted by molar-refractivity contribution is 5.96. The van der Waals surface area contributed by atoms with Crippen LogP contribution in [-0.2, 0) is 20.9 Å². The number of amides is 2. The van der Waals surface area contributed by atoms with E-state index < -0.39 is 23.8 Å². The Morgan fingerprint density at radius 2 is 1.56 bits per heavy atom. The molecule has 0 aliphatic heterocycles. The Labute approximate surface area is 146 Å². The summed E-state index contributed by atoms with van der Waals surface area (Å²) in [6.45, 7) is 0.0912. The van der Waals surface area contributed by atoms with Gasteiger partial charge in [0.05, 0.1) is 0 Å². The third-order valence-electron chi connectivity index (χ3n) is 3.53. The van der Waals surface area contributed by atoms with Gasteiger partial charge in [-0.2, -0.15) is 0 Å². The topological polar surface area (TPSA) is 98.5 Å². The minimum Gasteiger partial charge on any atom is -0.459 e. The van der Waals surface area contributed by atoms with E-state index in [1.165, 1.54) is 0 Å². The number of hydrogen-bond acceptors (Lipinski definition) is 4. The molecule has 2 aromatic rings. The van der Waals surface area contributed by atoms with Gasteiger partial charge in [-0.25, -0.2) is 4.79 Å². The van der Waals surface area contributed by atoms with Crippen molar-refractivity contribution in [3.05, 3.63) is 71.8 Å². The number of primary amides is 1. The van der Waals surface area contributed by atoms with Crippen molar-refractivity contribution in [2.24, 2.45) is 5.73 Å². The molecule has 25 heavy (non-hydrogen) atoms. The Balaban J connectivity index is 1.99. The Hall–Kier alpha value is -3.15. The van der Waals surface area contributed by atoms with Crippen LogP contribution in [0.2, 0.25) is 0 Å². The molecule has 6 nitrogen and oxygen atoms in total. The summed E-state index contributed by atoms with van der Waals surface area (Å²) >= 11 is 0. The van der Waals surface area contributed by atoms with Gasteiger partial charge in [-0.05, 0) is 24.1 Å². The number of nitrogens with two attached hydrogens (primary N) is 1. The molecule has 0 radical (unpaired) electrons. The SMILES string of the molecule is NC(=O)CC[C@H](NC(=O)c1ccccc1)C(=O)OCc1ccccc1. The summed E-state index contributed by atoms with van der Waals surface area (Å²) in [6.07, 6.45) is 0.0572. The maximum Gasteiger partial charge on any atom is 0.328 e. The molecule has 3 N–H and O–H groups in total. The predicted molar refractivity (Wildman–Crippen MR) is 92.4 cm³/mol. The maximum atomic E-state index is 12.3. The highest BCUT2D eigenvalue weighted by Gasteiger charge is 2.23. The van der Waals surface area contributed by atoms with E-state index >= 15 is 0 Å². The predicted octanol–water partition coefficient (Wildman–Crippen LogP) is 1.79. The molecule has 0 saturated heterocycles. The fraction of sp³-hybridized carbons (Fsp3) is 0.211. The van der Waals surface area contributed by atoms with Crippen LogP contribution in [-0.4, -0.2) is 23.8 Å². The van der Waals surface area contributed by atoms with E-state index in [4.69, 9.17) is 10.5 Å². The fourth-order valence-corrected chi connectivity index (χ4v) is 2.20. The van der Waals surface area contributed by atoms with Crippen LogP contribution in [0.3, 0.4) is 0 Å². The molecule has 0 spiro atoms. The highest BCUT2D eigenvalue weighted by atomic mass is 16.5. The van der Waals surface area contributed by atoms with Crippen molar-refractivity contribution in [2.75, 3.05) is 0 Å². The first kappa shape index (κ1) is 18.2. The average molecular weight is 340 g/mol. The van der Waals surface area contributed by atoms with Crippen LogP contribution in [0.4, 0.5) is 0 Å². The summed E-state index contributed by atoms with van der Waals surface area (Å²) in [4.78, 5) is 35.6. The van der Waals surface area contributed by atoms with E-state index in [1.807, 2.05) is 30.3 Å². The Bertz CT molecular complexity index is 717. The molecule has 2 aromatic carbocycles. The summed E-state index contributed by atoms with van der Waals surface area (Å²) in [5.74, 6) is -1.56. The van der Waals surface area contributed by atoms with Gasteiger partial charge in [-0.15, -0.1) is 0 Å². The zero-order chi connectivity index (χ0) is 18.1. The lowest BCUT2D eigenvalue weighted by atomic mass is 10.1. The Morgan fingerprint density at radius 1 is 0.960 bits per heavy atom. The van der Waals surface area contributed by atoms with E-state index in [0.717, 1.165) is 5.56 Å². The average Bonchev–Trinajstić information content (AvgIpc) is 2.64. The smallest absolute Gasteiger partial charge is 0.328 e. The van der Waals surface area contributed by atoms with Gasteiger partial charge in [-0.1, -0.05) is 48.5 Å². The van der Waals surface area contributed by atoms with Gasteiger partial charge in [0.2, 0.25) is 5.91 Å². The third kappa shape index (κ3) is 6.10. The van der Waals surface area contributed by atoms with Gasteiger partial charge in [-0.3, -0.25) is 9.59 Å². The molecule has 0 fully saturated rings. The molecule has 1 atom stereocenters. The summed E-state index contributed by atoms with van der Waals surface area (Å²) in [6, 6.07) is 16.8. The first-order valence-electron chi connectivity index (χ1n) is 7.91. The lowest BCUT2D eigenvalue weighted by Crippen LogP contribution is -2.42.